The van der Waals surface area contributed by atoms with E-state index in [1.165, 1.54) is 18.2 Å². The number of carbonyl (C=O) groups is 2. The maximum Gasteiger partial charge on any atom is 0.328 e. The molecule has 0 radical (unpaired) electrons. The highest BCUT2D eigenvalue weighted by atomic mass is 16.6. The molecule has 1 aliphatic heterocycles. The number of anilines is 1. The highest BCUT2D eigenvalue weighted by Gasteiger charge is 2.31. The molecule has 1 unspecified atom stereocenters. The molecule has 1 atom stereocenters. The smallest absolute Gasteiger partial charge is 0.328 e. The van der Waals surface area contributed by atoms with Gasteiger partial charge >= 0.3 is 5.97 Å². The van der Waals surface area contributed by atoms with E-state index in [0.29, 0.717) is 6.54 Å². The monoisotopic (exact) mass is 425 g/mol. The van der Waals surface area contributed by atoms with Crippen molar-refractivity contribution in [3.63, 3.8) is 0 Å². The highest BCUT2D eigenvalue weighted by Crippen LogP contribution is 2.31. The van der Waals surface area contributed by atoms with Crippen LogP contribution in [0, 0.1) is 10.1 Å². The number of nitrogens with zero attached hydrogens (tertiary/aromatic N) is 2. The van der Waals surface area contributed by atoms with Crippen molar-refractivity contribution < 1.29 is 19.2 Å². The van der Waals surface area contributed by atoms with Crippen LogP contribution in [0.2, 0.25) is 0 Å². The second kappa shape index (κ2) is 8.85. The van der Waals surface area contributed by atoms with Crippen LogP contribution in [-0.4, -0.2) is 28.9 Å². The molecular weight excluding hydrogens is 398 g/mol. The van der Waals surface area contributed by atoms with Gasteiger partial charge in [0.15, 0.2) is 0 Å². The van der Waals surface area contributed by atoms with Crippen LogP contribution in [0.4, 0.5) is 11.4 Å². The van der Waals surface area contributed by atoms with Crippen molar-refractivity contribution in [1.82, 2.24) is 0 Å². The number of nitrogens with two attached hydrogens (primary N) is 1. The molecule has 8 nitrogen and oxygen atoms in total. The quantitative estimate of drug-likeness (QED) is 0.451. The third-order valence-electron chi connectivity index (χ3n) is 5.08. The summed E-state index contributed by atoms with van der Waals surface area (Å²) in [7, 11) is 0. The van der Waals surface area contributed by atoms with Gasteiger partial charge in [-0.25, -0.2) is 4.79 Å². The van der Waals surface area contributed by atoms with Gasteiger partial charge in [-0.1, -0.05) is 18.2 Å². The molecule has 0 spiro atoms. The number of para-hydroxylation sites is 1. The van der Waals surface area contributed by atoms with Crippen molar-refractivity contribution in [2.24, 2.45) is 5.73 Å². The van der Waals surface area contributed by atoms with E-state index >= 15 is 0 Å². The number of hydrogen-bond donors (Lipinski definition) is 1. The number of carbonyl (C=O) groups excluding carboxylic acids is 2. The number of nitro benzene ring substituents is 1. The molecule has 3 rings (SSSR count). The summed E-state index contributed by atoms with van der Waals surface area (Å²) in [5.41, 5.74) is 6.88. The molecule has 0 bridgehead atoms. The average Bonchev–Trinajstić information content (AvgIpc) is 2.93. The molecule has 0 saturated carbocycles. The Morgan fingerprint density at radius 3 is 2.55 bits per heavy atom. The SMILES string of the molecule is CC(C)(C)OC(=O)C(N)c1ccc(C(=O)N2CCCCc3ccccc32)cc1[N+](=O)[O-]. The van der Waals surface area contributed by atoms with Gasteiger partial charge in [0.1, 0.15) is 11.6 Å². The number of ether oxygens (including phenoxy) is 1. The zero-order valence-electron chi connectivity index (χ0n) is 18.0. The lowest BCUT2D eigenvalue weighted by Gasteiger charge is -2.24. The number of rotatable bonds is 4. The van der Waals surface area contributed by atoms with Gasteiger partial charge in [-0.05, 0) is 63.8 Å². The van der Waals surface area contributed by atoms with E-state index in [1.807, 2.05) is 24.3 Å². The van der Waals surface area contributed by atoms with Gasteiger partial charge in [-0.2, -0.15) is 0 Å². The third kappa shape index (κ3) is 5.08. The Kier molecular flexibility index (Phi) is 6.40. The van der Waals surface area contributed by atoms with Crippen LogP contribution in [0.5, 0.6) is 0 Å². The molecule has 1 aliphatic rings. The summed E-state index contributed by atoms with van der Waals surface area (Å²) in [5.74, 6) is -1.09. The van der Waals surface area contributed by atoms with Gasteiger partial charge in [0.25, 0.3) is 11.6 Å². The normalized spacial score (nSPS) is 14.9. The maximum atomic E-state index is 13.3. The summed E-state index contributed by atoms with van der Waals surface area (Å²) in [6.07, 6.45) is 2.68. The number of hydrogen-bond acceptors (Lipinski definition) is 6. The summed E-state index contributed by atoms with van der Waals surface area (Å²) in [5, 5.41) is 11.7. The molecule has 31 heavy (non-hydrogen) atoms. The summed E-state index contributed by atoms with van der Waals surface area (Å²) in [4.78, 5) is 38.3. The summed E-state index contributed by atoms with van der Waals surface area (Å²) >= 11 is 0. The van der Waals surface area contributed by atoms with Crippen LogP contribution in [0.15, 0.2) is 42.5 Å². The fraction of sp³-hybridized carbons (Fsp3) is 0.391. The van der Waals surface area contributed by atoms with E-state index in [4.69, 9.17) is 10.5 Å². The lowest BCUT2D eigenvalue weighted by molar-refractivity contribution is -0.385. The molecule has 0 saturated heterocycles. The second-order valence-corrected chi connectivity index (χ2v) is 8.58. The lowest BCUT2D eigenvalue weighted by Crippen LogP contribution is -2.33. The number of amides is 1. The minimum Gasteiger partial charge on any atom is -0.459 e. The molecule has 8 heteroatoms. The van der Waals surface area contributed by atoms with E-state index in [0.717, 1.165) is 30.5 Å². The van der Waals surface area contributed by atoms with Crippen LogP contribution in [0.25, 0.3) is 0 Å². The van der Waals surface area contributed by atoms with Crippen molar-refractivity contribution in [3.05, 3.63) is 69.3 Å². The molecule has 2 aromatic carbocycles. The maximum absolute atomic E-state index is 13.3. The van der Waals surface area contributed by atoms with Crippen molar-refractivity contribution in [3.8, 4) is 0 Å². The van der Waals surface area contributed by atoms with Gasteiger partial charge < -0.3 is 15.4 Å². The standard InChI is InChI=1S/C23H27N3O5/c1-23(2,3)31-22(28)20(24)17-12-11-16(14-19(17)26(29)30)21(27)25-13-7-6-9-15-8-4-5-10-18(15)25/h4-5,8,10-12,14,20H,6-7,9,13,24H2,1-3H3. The lowest BCUT2D eigenvalue weighted by atomic mass is 10.0. The molecule has 2 N–H and O–H groups in total. The number of benzene rings is 2. The predicted molar refractivity (Wildman–Crippen MR) is 117 cm³/mol. The molecular formula is C23H27N3O5. The van der Waals surface area contributed by atoms with E-state index in [-0.39, 0.29) is 22.7 Å². The van der Waals surface area contributed by atoms with E-state index in [1.54, 1.807) is 25.7 Å². The highest BCUT2D eigenvalue weighted by molar-refractivity contribution is 6.07. The Morgan fingerprint density at radius 2 is 1.87 bits per heavy atom. The first-order valence-corrected chi connectivity index (χ1v) is 10.2. The van der Waals surface area contributed by atoms with Gasteiger partial charge in [-0.3, -0.25) is 14.9 Å². The third-order valence-corrected chi connectivity index (χ3v) is 5.08. The number of nitro groups is 1. The average molecular weight is 425 g/mol. The van der Waals surface area contributed by atoms with Crippen LogP contribution in [-0.2, 0) is 16.0 Å². The largest absolute Gasteiger partial charge is 0.459 e. The van der Waals surface area contributed by atoms with E-state index in [2.05, 4.69) is 0 Å². The Hall–Kier alpha value is -3.26. The Labute approximate surface area is 181 Å². The molecule has 0 aliphatic carbocycles. The van der Waals surface area contributed by atoms with Gasteiger partial charge in [0, 0.05) is 23.9 Å². The zero-order valence-corrected chi connectivity index (χ0v) is 18.0. The van der Waals surface area contributed by atoms with Crippen LogP contribution >= 0.6 is 0 Å². The Morgan fingerprint density at radius 1 is 1.16 bits per heavy atom. The van der Waals surface area contributed by atoms with Crippen molar-refractivity contribution in [2.45, 2.75) is 51.7 Å². The minimum atomic E-state index is -1.33. The summed E-state index contributed by atoms with van der Waals surface area (Å²) < 4.78 is 5.25. The van der Waals surface area contributed by atoms with Gasteiger partial charge in [-0.15, -0.1) is 0 Å². The molecule has 2 aromatic rings. The molecule has 164 valence electrons. The van der Waals surface area contributed by atoms with Crippen LogP contribution in [0.1, 0.15) is 61.1 Å². The summed E-state index contributed by atoms with van der Waals surface area (Å²) in [6, 6.07) is 10.4. The van der Waals surface area contributed by atoms with Crippen molar-refractivity contribution in [1.29, 1.82) is 0 Å². The van der Waals surface area contributed by atoms with Crippen LogP contribution in [0.3, 0.4) is 0 Å². The number of aryl methyl sites for hydroxylation is 1. The van der Waals surface area contributed by atoms with E-state index in [9.17, 15) is 19.7 Å². The number of esters is 1. The first kappa shape index (κ1) is 22.4. The van der Waals surface area contributed by atoms with Crippen molar-refractivity contribution >= 4 is 23.3 Å². The molecule has 1 heterocycles. The number of fused-ring (bicyclic) bond motifs is 1. The first-order valence-electron chi connectivity index (χ1n) is 10.2. The molecule has 1 amide bonds. The van der Waals surface area contributed by atoms with E-state index < -0.39 is 22.5 Å². The Balaban J connectivity index is 1.95. The zero-order chi connectivity index (χ0) is 22.8. The first-order chi connectivity index (χ1) is 14.6. The molecule has 0 aromatic heterocycles. The summed E-state index contributed by atoms with van der Waals surface area (Å²) in [6.45, 7) is 5.59. The van der Waals surface area contributed by atoms with Gasteiger partial charge in [0.2, 0.25) is 0 Å². The van der Waals surface area contributed by atoms with Crippen molar-refractivity contribution in [2.75, 3.05) is 11.4 Å². The second-order valence-electron chi connectivity index (χ2n) is 8.58. The molecule has 0 fully saturated rings. The minimum absolute atomic E-state index is 0.00654. The predicted octanol–water partition coefficient (Wildman–Crippen LogP) is 3.92. The fourth-order valence-electron chi connectivity index (χ4n) is 3.65. The van der Waals surface area contributed by atoms with Gasteiger partial charge in [0.05, 0.1) is 10.5 Å². The topological polar surface area (TPSA) is 116 Å². The van der Waals surface area contributed by atoms with Crippen LogP contribution < -0.4 is 10.6 Å². The fourth-order valence-corrected chi connectivity index (χ4v) is 3.65. The Bertz CT molecular complexity index is 1010.